The summed E-state index contributed by atoms with van der Waals surface area (Å²) >= 11 is 6.71. The van der Waals surface area contributed by atoms with E-state index in [-0.39, 0.29) is 6.61 Å². The first-order valence-electron chi connectivity index (χ1n) is 13.3. The number of nitrogens with one attached hydrogen (secondary N) is 1. The van der Waals surface area contributed by atoms with E-state index in [0.29, 0.717) is 52.3 Å². The maximum absolute atomic E-state index is 10.1. The SMILES string of the molecule is CCC[C@@H](O)COc1ccc(Cl)c(-c2nc(-c3c(C)noc3C)c(C)c(N3CC4C(C)NN(C)C4C3)n2)c1. The highest BCUT2D eigenvalue weighted by molar-refractivity contribution is 6.33. The molecule has 2 fully saturated rings. The van der Waals surface area contributed by atoms with Gasteiger partial charge in [0.05, 0.1) is 28.1 Å². The summed E-state index contributed by atoms with van der Waals surface area (Å²) < 4.78 is 11.4. The zero-order valence-electron chi connectivity index (χ0n) is 23.0. The standard InChI is InChI=1S/C28H37ClN6O3/c1-7-8-19(36)14-37-20-9-10-23(29)21(11-20)27-30-26(25-17(4)33-38-18(25)5)15(2)28(31-27)35-12-22-16(3)32-34(6)24(22)13-35/h9-11,16,19,22,24,32,36H,7-8,12-14H2,1-6H3/t16?,19-,22?,24?/m1/s1. The first-order chi connectivity index (χ1) is 18.2. The number of aliphatic hydroxyl groups excluding tert-OH is 1. The molecule has 0 radical (unpaired) electrons. The Labute approximate surface area is 229 Å². The minimum Gasteiger partial charge on any atom is -0.491 e. The molecule has 3 aromatic rings. The Balaban J connectivity index is 1.58. The zero-order chi connectivity index (χ0) is 27.1. The van der Waals surface area contributed by atoms with E-state index in [2.05, 4.69) is 41.4 Å². The van der Waals surface area contributed by atoms with E-state index >= 15 is 0 Å². The van der Waals surface area contributed by atoms with E-state index in [9.17, 15) is 5.11 Å². The van der Waals surface area contributed by atoms with Crippen LogP contribution in [0.25, 0.3) is 22.6 Å². The summed E-state index contributed by atoms with van der Waals surface area (Å²) in [5.74, 6) is 3.23. The summed E-state index contributed by atoms with van der Waals surface area (Å²) in [5, 5.41) is 17.1. The molecule has 2 saturated heterocycles. The number of benzene rings is 1. The molecule has 4 atom stereocenters. The lowest BCUT2D eigenvalue weighted by Gasteiger charge is -2.25. The number of aromatic nitrogens is 3. The molecule has 2 aliphatic rings. The van der Waals surface area contributed by atoms with Gasteiger partial charge >= 0.3 is 0 Å². The van der Waals surface area contributed by atoms with Crippen LogP contribution in [0.2, 0.25) is 5.02 Å². The number of nitrogens with zero attached hydrogens (tertiary/aromatic N) is 5. The quantitative estimate of drug-likeness (QED) is 0.426. The zero-order valence-corrected chi connectivity index (χ0v) is 23.7. The second-order valence-corrected chi connectivity index (χ2v) is 11.0. The van der Waals surface area contributed by atoms with Gasteiger partial charge in [-0.2, -0.15) is 0 Å². The molecule has 10 heteroatoms. The minimum absolute atomic E-state index is 0.218. The maximum Gasteiger partial charge on any atom is 0.163 e. The van der Waals surface area contributed by atoms with Crippen LogP contribution in [0.3, 0.4) is 0 Å². The molecule has 0 amide bonds. The first-order valence-corrected chi connectivity index (χ1v) is 13.7. The van der Waals surface area contributed by atoms with Crippen LogP contribution < -0.4 is 15.1 Å². The van der Waals surface area contributed by atoms with Crippen molar-refractivity contribution in [3.05, 3.63) is 40.2 Å². The molecule has 2 aromatic heterocycles. The molecular formula is C28H37ClN6O3. The van der Waals surface area contributed by atoms with Gasteiger partial charge in [0.2, 0.25) is 0 Å². The number of aliphatic hydroxyl groups is 1. The van der Waals surface area contributed by atoms with Gasteiger partial charge in [-0.15, -0.1) is 0 Å². The third kappa shape index (κ3) is 5.00. The fourth-order valence-corrected chi connectivity index (χ4v) is 5.97. The van der Waals surface area contributed by atoms with Gasteiger partial charge in [0.15, 0.2) is 5.82 Å². The van der Waals surface area contributed by atoms with Gasteiger partial charge in [-0.1, -0.05) is 30.1 Å². The van der Waals surface area contributed by atoms with Crippen molar-refractivity contribution in [1.82, 2.24) is 25.6 Å². The van der Waals surface area contributed by atoms with E-state index in [1.807, 2.05) is 26.8 Å². The van der Waals surface area contributed by atoms with Crippen LogP contribution in [0.4, 0.5) is 5.82 Å². The Morgan fingerprint density at radius 1 is 1.24 bits per heavy atom. The van der Waals surface area contributed by atoms with E-state index in [1.54, 1.807) is 12.1 Å². The van der Waals surface area contributed by atoms with Crippen LogP contribution in [0, 0.1) is 26.7 Å². The van der Waals surface area contributed by atoms with Gasteiger partial charge in [0, 0.05) is 49.3 Å². The number of rotatable bonds is 8. The van der Waals surface area contributed by atoms with E-state index in [1.165, 1.54) is 0 Å². The monoisotopic (exact) mass is 540 g/mol. The van der Waals surface area contributed by atoms with Crippen molar-refractivity contribution in [2.45, 2.75) is 65.6 Å². The molecule has 38 heavy (non-hydrogen) atoms. The lowest BCUT2D eigenvalue weighted by atomic mass is 9.99. The smallest absolute Gasteiger partial charge is 0.163 e. The molecular weight excluding hydrogens is 504 g/mol. The summed E-state index contributed by atoms with van der Waals surface area (Å²) in [6.45, 7) is 12.2. The highest BCUT2D eigenvalue weighted by Crippen LogP contribution is 2.39. The van der Waals surface area contributed by atoms with Crippen molar-refractivity contribution < 1.29 is 14.4 Å². The summed E-state index contributed by atoms with van der Waals surface area (Å²) in [7, 11) is 2.11. The predicted octanol–water partition coefficient (Wildman–Crippen LogP) is 4.56. The van der Waals surface area contributed by atoms with Crippen molar-refractivity contribution >= 4 is 17.4 Å². The van der Waals surface area contributed by atoms with Crippen LogP contribution in [-0.4, -0.2) is 70.2 Å². The Morgan fingerprint density at radius 2 is 2.03 bits per heavy atom. The van der Waals surface area contributed by atoms with Crippen molar-refractivity contribution in [3.8, 4) is 28.4 Å². The topological polar surface area (TPSA) is 99.8 Å². The number of aryl methyl sites for hydroxylation is 2. The highest BCUT2D eigenvalue weighted by atomic mass is 35.5. The first kappa shape index (κ1) is 26.9. The molecule has 4 heterocycles. The summed E-state index contributed by atoms with van der Waals surface area (Å²) in [4.78, 5) is 12.5. The molecule has 0 spiro atoms. The van der Waals surface area contributed by atoms with Crippen LogP contribution in [0.15, 0.2) is 22.7 Å². The number of hydrogen-bond donors (Lipinski definition) is 2. The predicted molar refractivity (Wildman–Crippen MR) is 148 cm³/mol. The molecule has 1 aromatic carbocycles. The van der Waals surface area contributed by atoms with Gasteiger partial charge in [-0.05, 0) is 52.3 Å². The Kier molecular flexibility index (Phi) is 7.64. The van der Waals surface area contributed by atoms with Crippen molar-refractivity contribution in [2.24, 2.45) is 5.92 Å². The molecule has 0 aliphatic carbocycles. The number of hydrazine groups is 1. The normalized spacial score (nSPS) is 22.2. The largest absolute Gasteiger partial charge is 0.491 e. The van der Waals surface area contributed by atoms with Crippen molar-refractivity contribution in [1.29, 1.82) is 0 Å². The number of ether oxygens (including phenoxy) is 1. The van der Waals surface area contributed by atoms with E-state index in [0.717, 1.165) is 47.8 Å². The van der Waals surface area contributed by atoms with E-state index in [4.69, 9.17) is 30.8 Å². The molecule has 9 nitrogen and oxygen atoms in total. The minimum atomic E-state index is -0.517. The van der Waals surface area contributed by atoms with Crippen LogP contribution >= 0.6 is 11.6 Å². The van der Waals surface area contributed by atoms with Gasteiger partial charge in [-0.25, -0.2) is 15.0 Å². The fraction of sp³-hybridized carbons (Fsp3) is 0.536. The average molecular weight is 541 g/mol. The Morgan fingerprint density at radius 3 is 2.71 bits per heavy atom. The molecule has 5 rings (SSSR count). The fourth-order valence-electron chi connectivity index (χ4n) is 5.77. The molecule has 204 valence electrons. The average Bonchev–Trinajstić information content (AvgIpc) is 3.54. The Hall–Kier alpha value is -2.72. The van der Waals surface area contributed by atoms with Gasteiger partial charge in [0.1, 0.15) is 23.9 Å². The van der Waals surface area contributed by atoms with Crippen LogP contribution in [0.1, 0.15) is 43.7 Å². The van der Waals surface area contributed by atoms with Gasteiger partial charge in [-0.3, -0.25) is 5.43 Å². The van der Waals surface area contributed by atoms with Crippen LogP contribution in [-0.2, 0) is 0 Å². The van der Waals surface area contributed by atoms with Gasteiger partial charge in [0.25, 0.3) is 0 Å². The maximum atomic E-state index is 10.1. The number of fused-ring (bicyclic) bond motifs is 1. The summed E-state index contributed by atoms with van der Waals surface area (Å²) in [6.07, 6.45) is 1.06. The third-order valence-electron chi connectivity index (χ3n) is 7.81. The van der Waals surface area contributed by atoms with E-state index < -0.39 is 6.10 Å². The lowest BCUT2D eigenvalue weighted by molar-refractivity contribution is 0.0994. The third-order valence-corrected chi connectivity index (χ3v) is 8.14. The molecule has 0 bridgehead atoms. The van der Waals surface area contributed by atoms with Crippen molar-refractivity contribution in [2.75, 3.05) is 31.6 Å². The molecule has 0 saturated carbocycles. The number of halogens is 1. The number of hydrogen-bond acceptors (Lipinski definition) is 9. The second-order valence-electron chi connectivity index (χ2n) is 10.6. The molecule has 3 unspecified atom stereocenters. The molecule has 2 N–H and O–H groups in total. The summed E-state index contributed by atoms with van der Waals surface area (Å²) in [6, 6.07) is 6.25. The lowest BCUT2D eigenvalue weighted by Crippen LogP contribution is -2.40. The molecule has 2 aliphatic heterocycles. The van der Waals surface area contributed by atoms with Crippen LogP contribution in [0.5, 0.6) is 5.75 Å². The number of likely N-dealkylation sites (N-methyl/N-ethyl adjacent to an activating group) is 1. The Bertz CT molecular complexity index is 1280. The van der Waals surface area contributed by atoms with Gasteiger partial charge < -0.3 is 19.3 Å². The highest BCUT2D eigenvalue weighted by Gasteiger charge is 2.45. The van der Waals surface area contributed by atoms with Crippen molar-refractivity contribution in [3.63, 3.8) is 0 Å². The second kappa shape index (κ2) is 10.8. The summed E-state index contributed by atoms with van der Waals surface area (Å²) in [5.41, 5.74) is 7.65. The number of anilines is 1.